The van der Waals surface area contributed by atoms with Gasteiger partial charge in [0.05, 0.1) is 5.75 Å². The molecule has 0 saturated heterocycles. The minimum Gasteiger partial charge on any atom is -0.334 e. The van der Waals surface area contributed by atoms with E-state index >= 15 is 0 Å². The molecule has 5 nitrogen and oxygen atoms in total. The molecule has 0 atom stereocenters. The number of aromatic nitrogens is 2. The van der Waals surface area contributed by atoms with Gasteiger partial charge < -0.3 is 10.3 Å². The molecule has 0 spiro atoms. The van der Waals surface area contributed by atoms with E-state index in [4.69, 9.17) is 5.73 Å². The largest absolute Gasteiger partial charge is 0.334 e. The number of hydrogen-bond acceptors (Lipinski definition) is 4. The molecule has 1 aromatic heterocycles. The van der Waals surface area contributed by atoms with E-state index in [2.05, 4.69) is 4.98 Å². The van der Waals surface area contributed by atoms with Crippen LogP contribution < -0.4 is 5.73 Å². The summed E-state index contributed by atoms with van der Waals surface area (Å²) >= 11 is 0. The van der Waals surface area contributed by atoms with Gasteiger partial charge in [-0.15, -0.1) is 0 Å². The van der Waals surface area contributed by atoms with Crippen LogP contribution in [0.3, 0.4) is 0 Å². The van der Waals surface area contributed by atoms with Crippen LogP contribution in [0.4, 0.5) is 0 Å². The maximum Gasteiger partial charge on any atom is 0.152 e. The monoisotopic (exact) mass is 245 g/mol. The van der Waals surface area contributed by atoms with Crippen molar-refractivity contribution in [1.82, 2.24) is 9.55 Å². The molecule has 0 unspecified atom stereocenters. The second-order valence-corrected chi connectivity index (χ2v) is 6.03. The number of sulfone groups is 1. The molecule has 1 aromatic rings. The molecule has 1 heterocycles. The molecule has 0 aliphatic rings. The highest BCUT2D eigenvalue weighted by molar-refractivity contribution is 7.91. The van der Waals surface area contributed by atoms with Gasteiger partial charge in [0.25, 0.3) is 0 Å². The molecule has 0 radical (unpaired) electrons. The minimum absolute atomic E-state index is 0.175. The van der Waals surface area contributed by atoms with E-state index in [0.717, 1.165) is 5.82 Å². The zero-order chi connectivity index (χ0) is 12.0. The maximum atomic E-state index is 11.5. The maximum absolute atomic E-state index is 11.5. The summed E-state index contributed by atoms with van der Waals surface area (Å²) in [6, 6.07) is 0. The first-order valence-corrected chi connectivity index (χ1v) is 7.31. The lowest BCUT2D eigenvalue weighted by Crippen LogP contribution is -2.17. The van der Waals surface area contributed by atoms with Gasteiger partial charge in [0, 0.05) is 31.1 Å². The molecule has 1 rings (SSSR count). The van der Waals surface area contributed by atoms with E-state index in [9.17, 15) is 8.42 Å². The third-order valence-electron chi connectivity index (χ3n) is 2.33. The average Bonchev–Trinajstić information content (AvgIpc) is 2.63. The Hall–Kier alpha value is -0.880. The van der Waals surface area contributed by atoms with Crippen molar-refractivity contribution in [3.05, 3.63) is 18.2 Å². The molecule has 0 saturated carbocycles. The second-order valence-electron chi connectivity index (χ2n) is 3.73. The number of nitrogens with two attached hydrogens (primary N) is 1. The van der Waals surface area contributed by atoms with Crippen molar-refractivity contribution in [2.75, 3.05) is 18.1 Å². The Labute approximate surface area is 96.6 Å². The molecule has 16 heavy (non-hydrogen) atoms. The van der Waals surface area contributed by atoms with Crippen LogP contribution in [0.15, 0.2) is 12.4 Å². The topological polar surface area (TPSA) is 78.0 Å². The van der Waals surface area contributed by atoms with Gasteiger partial charge in [-0.1, -0.05) is 6.92 Å². The van der Waals surface area contributed by atoms with Crippen molar-refractivity contribution in [3.63, 3.8) is 0 Å². The smallest absolute Gasteiger partial charge is 0.152 e. The first kappa shape index (κ1) is 13.2. The summed E-state index contributed by atoms with van der Waals surface area (Å²) in [5.74, 6) is 1.29. The minimum atomic E-state index is -2.92. The summed E-state index contributed by atoms with van der Waals surface area (Å²) in [4.78, 5) is 4.14. The Bertz CT molecular complexity index is 411. The molecule has 2 N–H and O–H groups in total. The molecule has 0 fully saturated rings. The van der Waals surface area contributed by atoms with Crippen molar-refractivity contribution in [2.24, 2.45) is 5.73 Å². The molecule has 6 heteroatoms. The van der Waals surface area contributed by atoms with Gasteiger partial charge in [0.15, 0.2) is 9.84 Å². The predicted octanol–water partition coefficient (Wildman–Crippen LogP) is 0.209. The second kappa shape index (κ2) is 6.00. The van der Waals surface area contributed by atoms with E-state index in [1.165, 1.54) is 0 Å². The summed E-state index contributed by atoms with van der Waals surface area (Å²) in [6.07, 6.45) is 4.83. The van der Waals surface area contributed by atoms with Gasteiger partial charge in [-0.05, 0) is 13.0 Å². The van der Waals surface area contributed by atoms with Crippen molar-refractivity contribution < 1.29 is 8.42 Å². The van der Waals surface area contributed by atoms with E-state index in [1.54, 1.807) is 12.4 Å². The van der Waals surface area contributed by atoms with Crippen LogP contribution >= 0.6 is 0 Å². The lowest BCUT2D eigenvalue weighted by molar-refractivity contribution is 0.585. The van der Waals surface area contributed by atoms with Crippen LogP contribution in [0.25, 0.3) is 0 Å². The van der Waals surface area contributed by atoms with Crippen molar-refractivity contribution >= 4 is 9.84 Å². The fourth-order valence-corrected chi connectivity index (χ4v) is 2.85. The number of nitrogens with zero attached hydrogens (tertiary/aromatic N) is 2. The van der Waals surface area contributed by atoms with Gasteiger partial charge in [0.1, 0.15) is 5.82 Å². The highest BCUT2D eigenvalue weighted by Gasteiger charge is 2.10. The number of hydrogen-bond donors (Lipinski definition) is 1. The van der Waals surface area contributed by atoms with Gasteiger partial charge >= 0.3 is 0 Å². The normalized spacial score (nSPS) is 11.9. The van der Waals surface area contributed by atoms with E-state index in [0.29, 0.717) is 25.9 Å². The van der Waals surface area contributed by atoms with E-state index in [1.807, 2.05) is 11.5 Å². The number of aryl methyl sites for hydroxylation is 1. The first-order valence-electron chi connectivity index (χ1n) is 5.49. The van der Waals surface area contributed by atoms with Crippen molar-refractivity contribution in [1.29, 1.82) is 0 Å². The third-order valence-corrected chi connectivity index (χ3v) is 4.16. The molecule has 0 bridgehead atoms. The molecule has 0 aliphatic heterocycles. The summed E-state index contributed by atoms with van der Waals surface area (Å²) < 4.78 is 24.9. The van der Waals surface area contributed by atoms with Crippen LogP contribution in [0.5, 0.6) is 0 Å². The molecule has 0 amide bonds. The first-order chi connectivity index (χ1) is 7.59. The van der Waals surface area contributed by atoms with Crippen LogP contribution in [-0.2, 0) is 22.8 Å². The van der Waals surface area contributed by atoms with Crippen molar-refractivity contribution in [2.45, 2.75) is 26.3 Å². The van der Waals surface area contributed by atoms with Crippen LogP contribution in [0.2, 0.25) is 0 Å². The molecule has 0 aliphatic carbocycles. The van der Waals surface area contributed by atoms with Crippen LogP contribution in [0, 0.1) is 0 Å². The Morgan fingerprint density at radius 2 is 2.19 bits per heavy atom. The zero-order valence-corrected chi connectivity index (χ0v) is 10.4. The number of rotatable bonds is 7. The van der Waals surface area contributed by atoms with E-state index in [-0.39, 0.29) is 11.5 Å². The lowest BCUT2D eigenvalue weighted by Gasteiger charge is -2.07. The van der Waals surface area contributed by atoms with Gasteiger partial charge in [-0.25, -0.2) is 13.4 Å². The Morgan fingerprint density at radius 3 is 2.81 bits per heavy atom. The summed E-state index contributed by atoms with van der Waals surface area (Å²) in [7, 11) is -2.92. The standard InChI is InChI=1S/C10H19N3O2S/c1-2-8-16(14,15)9-7-13-6-5-12-10(13)3-4-11/h5-6H,2-4,7-9,11H2,1H3. The average molecular weight is 245 g/mol. The van der Waals surface area contributed by atoms with Gasteiger partial charge in [-0.2, -0.15) is 0 Å². The fraction of sp³-hybridized carbons (Fsp3) is 0.700. The summed E-state index contributed by atoms with van der Waals surface area (Å²) in [5.41, 5.74) is 5.45. The van der Waals surface area contributed by atoms with Gasteiger partial charge in [-0.3, -0.25) is 0 Å². The molecule has 92 valence electrons. The fourth-order valence-electron chi connectivity index (χ4n) is 1.55. The molecular formula is C10H19N3O2S. The van der Waals surface area contributed by atoms with E-state index < -0.39 is 9.84 Å². The Morgan fingerprint density at radius 1 is 1.44 bits per heavy atom. The quantitative estimate of drug-likeness (QED) is 0.745. The van der Waals surface area contributed by atoms with Gasteiger partial charge in [0.2, 0.25) is 0 Å². The lowest BCUT2D eigenvalue weighted by atomic mass is 10.4. The summed E-state index contributed by atoms with van der Waals surface area (Å²) in [6.45, 7) is 2.87. The highest BCUT2D eigenvalue weighted by Crippen LogP contribution is 2.01. The number of imidazole rings is 1. The predicted molar refractivity (Wildman–Crippen MR) is 63.9 cm³/mol. The third kappa shape index (κ3) is 3.94. The highest BCUT2D eigenvalue weighted by atomic mass is 32.2. The Kier molecular flexibility index (Phi) is 4.95. The van der Waals surface area contributed by atoms with Crippen LogP contribution in [-0.4, -0.2) is 36.0 Å². The summed E-state index contributed by atoms with van der Waals surface area (Å²) in [5, 5.41) is 0. The van der Waals surface area contributed by atoms with Crippen LogP contribution in [0.1, 0.15) is 19.2 Å². The Balaban J connectivity index is 2.57. The zero-order valence-electron chi connectivity index (χ0n) is 9.59. The van der Waals surface area contributed by atoms with Crippen molar-refractivity contribution in [3.8, 4) is 0 Å². The molecule has 0 aromatic carbocycles. The SMILES string of the molecule is CCCS(=O)(=O)CCn1ccnc1CCN. The molecular weight excluding hydrogens is 226 g/mol.